The third-order valence-corrected chi connectivity index (χ3v) is 2.64. The van der Waals surface area contributed by atoms with E-state index in [2.05, 4.69) is 11.6 Å². The number of rotatable bonds is 6. The summed E-state index contributed by atoms with van der Waals surface area (Å²) in [6, 6.07) is 6.63. The van der Waals surface area contributed by atoms with Crippen LogP contribution in [-0.4, -0.2) is 18.6 Å². The van der Waals surface area contributed by atoms with Gasteiger partial charge in [-0.1, -0.05) is 12.1 Å². The maximum atomic E-state index is 12.6. The van der Waals surface area contributed by atoms with E-state index in [1.165, 1.54) is 24.3 Å². The topological polar surface area (TPSA) is 12.0 Å². The first-order valence-electron chi connectivity index (χ1n) is 4.77. The van der Waals surface area contributed by atoms with Gasteiger partial charge in [-0.15, -0.1) is 0 Å². The molecule has 0 saturated carbocycles. The van der Waals surface area contributed by atoms with E-state index in [0.717, 1.165) is 18.7 Å². The summed E-state index contributed by atoms with van der Waals surface area (Å²) in [6.07, 6.45) is 3.29. The zero-order valence-electron chi connectivity index (χ0n) is 8.42. The van der Waals surface area contributed by atoms with Crippen molar-refractivity contribution in [2.75, 3.05) is 18.6 Å². The van der Waals surface area contributed by atoms with Gasteiger partial charge in [0.1, 0.15) is 5.82 Å². The van der Waals surface area contributed by atoms with Crippen LogP contribution in [0.5, 0.6) is 0 Å². The largest absolute Gasteiger partial charge is 0.313 e. The van der Waals surface area contributed by atoms with Gasteiger partial charge < -0.3 is 5.32 Å². The molecular weight excluding hydrogens is 197 g/mol. The highest BCUT2D eigenvalue weighted by Gasteiger charge is 1.93. The van der Waals surface area contributed by atoms with Gasteiger partial charge in [0.15, 0.2) is 0 Å². The number of benzene rings is 1. The molecule has 78 valence electrons. The second kappa shape index (κ2) is 6.85. The average molecular weight is 213 g/mol. The predicted molar refractivity (Wildman–Crippen MR) is 61.1 cm³/mol. The minimum atomic E-state index is -0.170. The van der Waals surface area contributed by atoms with Crippen LogP contribution in [-0.2, 0) is 6.54 Å². The second-order valence-electron chi connectivity index (χ2n) is 3.15. The molecule has 0 aliphatic carbocycles. The van der Waals surface area contributed by atoms with Crippen LogP contribution >= 0.6 is 11.8 Å². The highest BCUT2D eigenvalue weighted by Crippen LogP contribution is 2.02. The first kappa shape index (κ1) is 11.5. The lowest BCUT2D eigenvalue weighted by Crippen LogP contribution is -2.15. The Balaban J connectivity index is 2.15. The van der Waals surface area contributed by atoms with Gasteiger partial charge >= 0.3 is 0 Å². The Kier molecular flexibility index (Phi) is 5.64. The molecule has 0 bridgehead atoms. The number of halogens is 1. The van der Waals surface area contributed by atoms with E-state index >= 15 is 0 Å². The van der Waals surface area contributed by atoms with Crippen molar-refractivity contribution in [3.63, 3.8) is 0 Å². The average Bonchev–Trinajstić information content (AvgIpc) is 2.21. The summed E-state index contributed by atoms with van der Waals surface area (Å²) in [5.74, 6) is 1.02. The van der Waals surface area contributed by atoms with Crippen LogP contribution in [0.2, 0.25) is 0 Å². The van der Waals surface area contributed by atoms with Gasteiger partial charge in [-0.05, 0) is 42.7 Å². The molecule has 1 rings (SSSR count). The van der Waals surface area contributed by atoms with Crippen molar-refractivity contribution < 1.29 is 4.39 Å². The molecule has 0 heterocycles. The molecule has 0 aliphatic heterocycles. The van der Waals surface area contributed by atoms with Gasteiger partial charge in [0, 0.05) is 6.54 Å². The summed E-state index contributed by atoms with van der Waals surface area (Å²) in [7, 11) is 0. The molecule has 1 nitrogen and oxygen atoms in total. The summed E-state index contributed by atoms with van der Waals surface area (Å²) in [5.41, 5.74) is 1.13. The summed E-state index contributed by atoms with van der Waals surface area (Å²) < 4.78 is 12.6. The van der Waals surface area contributed by atoms with Crippen molar-refractivity contribution >= 4 is 11.8 Å². The van der Waals surface area contributed by atoms with E-state index in [4.69, 9.17) is 0 Å². The van der Waals surface area contributed by atoms with E-state index < -0.39 is 0 Å². The van der Waals surface area contributed by atoms with Gasteiger partial charge in [0.2, 0.25) is 0 Å². The lowest BCUT2D eigenvalue weighted by Gasteiger charge is -2.03. The molecule has 0 radical (unpaired) electrons. The van der Waals surface area contributed by atoms with E-state index in [1.54, 1.807) is 0 Å². The van der Waals surface area contributed by atoms with Crippen LogP contribution in [0.1, 0.15) is 12.0 Å². The van der Waals surface area contributed by atoms with E-state index in [-0.39, 0.29) is 5.82 Å². The third-order valence-electron chi connectivity index (χ3n) is 1.94. The zero-order chi connectivity index (χ0) is 10.2. The SMILES string of the molecule is CSCCCNCc1ccc(F)cc1. The monoisotopic (exact) mass is 213 g/mol. The quantitative estimate of drug-likeness (QED) is 0.729. The maximum Gasteiger partial charge on any atom is 0.123 e. The summed E-state index contributed by atoms with van der Waals surface area (Å²) in [5, 5.41) is 3.32. The van der Waals surface area contributed by atoms with Crippen molar-refractivity contribution in [3.8, 4) is 0 Å². The molecule has 1 aromatic carbocycles. The summed E-state index contributed by atoms with van der Waals surface area (Å²) >= 11 is 1.86. The molecule has 3 heteroatoms. The van der Waals surface area contributed by atoms with Crippen molar-refractivity contribution in [1.29, 1.82) is 0 Å². The fourth-order valence-corrected chi connectivity index (χ4v) is 1.61. The van der Waals surface area contributed by atoms with Gasteiger partial charge in [0.25, 0.3) is 0 Å². The Hall–Kier alpha value is -0.540. The molecule has 0 aromatic heterocycles. The van der Waals surface area contributed by atoms with Crippen molar-refractivity contribution in [2.24, 2.45) is 0 Å². The van der Waals surface area contributed by atoms with Crippen LogP contribution in [0.3, 0.4) is 0 Å². The first-order chi connectivity index (χ1) is 6.83. The zero-order valence-corrected chi connectivity index (χ0v) is 9.24. The lowest BCUT2D eigenvalue weighted by molar-refractivity contribution is 0.624. The number of nitrogens with one attached hydrogen (secondary N) is 1. The van der Waals surface area contributed by atoms with E-state index in [1.807, 2.05) is 23.9 Å². The molecular formula is C11H16FNS. The van der Waals surface area contributed by atoms with Crippen LogP contribution in [0.4, 0.5) is 4.39 Å². The Morgan fingerprint density at radius 2 is 2.00 bits per heavy atom. The summed E-state index contributed by atoms with van der Waals surface area (Å²) in [6.45, 7) is 1.85. The molecule has 0 fully saturated rings. The smallest absolute Gasteiger partial charge is 0.123 e. The standard InChI is InChI=1S/C11H16FNS/c1-14-8-2-7-13-9-10-3-5-11(12)6-4-10/h3-6,13H,2,7-9H2,1H3. The van der Waals surface area contributed by atoms with E-state index in [9.17, 15) is 4.39 Å². The number of hydrogen-bond acceptors (Lipinski definition) is 2. The van der Waals surface area contributed by atoms with Crippen molar-refractivity contribution in [1.82, 2.24) is 5.32 Å². The second-order valence-corrected chi connectivity index (χ2v) is 4.14. The number of thioether (sulfide) groups is 1. The Labute approximate surface area is 89.1 Å². The van der Waals surface area contributed by atoms with Crippen LogP contribution in [0, 0.1) is 5.82 Å². The van der Waals surface area contributed by atoms with Crippen LogP contribution < -0.4 is 5.32 Å². The molecule has 1 aromatic rings. The minimum absolute atomic E-state index is 0.170. The minimum Gasteiger partial charge on any atom is -0.313 e. The van der Waals surface area contributed by atoms with Crippen molar-refractivity contribution in [3.05, 3.63) is 35.6 Å². The third kappa shape index (κ3) is 4.63. The van der Waals surface area contributed by atoms with Crippen LogP contribution in [0.25, 0.3) is 0 Å². The lowest BCUT2D eigenvalue weighted by atomic mass is 10.2. The van der Waals surface area contributed by atoms with Crippen LogP contribution in [0.15, 0.2) is 24.3 Å². The fraction of sp³-hybridized carbons (Fsp3) is 0.455. The van der Waals surface area contributed by atoms with Gasteiger partial charge in [-0.25, -0.2) is 4.39 Å². The van der Waals surface area contributed by atoms with Gasteiger partial charge in [-0.2, -0.15) is 11.8 Å². The number of hydrogen-bond donors (Lipinski definition) is 1. The molecule has 0 aliphatic rings. The molecule has 0 amide bonds. The molecule has 0 atom stereocenters. The highest BCUT2D eigenvalue weighted by molar-refractivity contribution is 7.98. The maximum absolute atomic E-state index is 12.6. The normalized spacial score (nSPS) is 10.4. The highest BCUT2D eigenvalue weighted by atomic mass is 32.2. The Morgan fingerprint density at radius 1 is 1.29 bits per heavy atom. The van der Waals surface area contributed by atoms with Gasteiger partial charge in [0.05, 0.1) is 0 Å². The Morgan fingerprint density at radius 3 is 2.64 bits per heavy atom. The molecule has 1 N–H and O–H groups in total. The Bertz CT molecular complexity index is 248. The predicted octanol–water partition coefficient (Wildman–Crippen LogP) is 2.67. The molecule has 0 spiro atoms. The first-order valence-corrected chi connectivity index (χ1v) is 6.16. The molecule has 0 unspecified atom stereocenters. The van der Waals surface area contributed by atoms with Gasteiger partial charge in [-0.3, -0.25) is 0 Å². The van der Waals surface area contributed by atoms with E-state index in [0.29, 0.717) is 0 Å². The molecule has 14 heavy (non-hydrogen) atoms. The summed E-state index contributed by atoms with van der Waals surface area (Å²) in [4.78, 5) is 0. The van der Waals surface area contributed by atoms with Crippen molar-refractivity contribution in [2.45, 2.75) is 13.0 Å². The molecule has 0 saturated heterocycles. The fourth-order valence-electron chi connectivity index (χ4n) is 1.18.